The molecule has 1 saturated heterocycles. The fourth-order valence-electron chi connectivity index (χ4n) is 2.94. The first kappa shape index (κ1) is 16.2. The number of benzene rings is 1. The summed E-state index contributed by atoms with van der Waals surface area (Å²) in [6.07, 6.45) is 3.73. The first-order chi connectivity index (χ1) is 11.6. The van der Waals surface area contributed by atoms with Gasteiger partial charge >= 0.3 is 5.97 Å². The van der Waals surface area contributed by atoms with Crippen LogP contribution < -0.4 is 0 Å². The number of hydrogen-bond donors (Lipinski definition) is 1. The number of oxazole rings is 1. The zero-order chi connectivity index (χ0) is 16.9. The van der Waals surface area contributed by atoms with Gasteiger partial charge in [0.1, 0.15) is 0 Å². The van der Waals surface area contributed by atoms with Crippen LogP contribution in [0, 0.1) is 5.92 Å². The molecule has 1 amide bonds. The van der Waals surface area contributed by atoms with Crippen LogP contribution >= 0.6 is 0 Å². The van der Waals surface area contributed by atoms with E-state index in [9.17, 15) is 9.59 Å². The van der Waals surface area contributed by atoms with Gasteiger partial charge in [-0.2, -0.15) is 0 Å². The summed E-state index contributed by atoms with van der Waals surface area (Å²) in [6, 6.07) is 9.67. The second-order valence-electron chi connectivity index (χ2n) is 6.00. The minimum absolute atomic E-state index is 0.0413. The number of carbonyl (C=O) groups is 2. The third-order valence-electron chi connectivity index (χ3n) is 4.29. The number of rotatable bonds is 5. The molecule has 6 nitrogen and oxygen atoms in total. The van der Waals surface area contributed by atoms with Crippen molar-refractivity contribution < 1.29 is 19.1 Å². The van der Waals surface area contributed by atoms with Crippen molar-refractivity contribution in [2.45, 2.75) is 25.7 Å². The van der Waals surface area contributed by atoms with Gasteiger partial charge in [0.05, 0.1) is 12.1 Å². The van der Waals surface area contributed by atoms with Crippen LogP contribution in [-0.2, 0) is 16.0 Å². The summed E-state index contributed by atoms with van der Waals surface area (Å²) in [6.45, 7) is 0.929. The van der Waals surface area contributed by atoms with Crippen molar-refractivity contribution in [1.29, 1.82) is 0 Å². The Bertz CT molecular complexity index is 711. The molecule has 0 spiro atoms. The number of hydrogen-bond acceptors (Lipinski definition) is 4. The van der Waals surface area contributed by atoms with Crippen LogP contribution in [0.4, 0.5) is 0 Å². The number of aromatic nitrogens is 1. The van der Waals surface area contributed by atoms with E-state index in [4.69, 9.17) is 9.52 Å². The molecule has 2 heterocycles. The van der Waals surface area contributed by atoms with Crippen molar-refractivity contribution >= 4 is 11.9 Å². The zero-order valence-electron chi connectivity index (χ0n) is 13.4. The second kappa shape index (κ2) is 7.29. The average molecular weight is 328 g/mol. The highest BCUT2D eigenvalue weighted by Gasteiger charge is 2.28. The van der Waals surface area contributed by atoms with Crippen LogP contribution in [0.15, 0.2) is 40.9 Å². The predicted molar refractivity (Wildman–Crippen MR) is 87.2 cm³/mol. The van der Waals surface area contributed by atoms with E-state index in [2.05, 4.69) is 4.98 Å². The predicted octanol–water partition coefficient (Wildman–Crippen LogP) is 2.60. The van der Waals surface area contributed by atoms with Gasteiger partial charge in [-0.05, 0) is 12.8 Å². The minimum Gasteiger partial charge on any atom is -0.481 e. The van der Waals surface area contributed by atoms with Gasteiger partial charge < -0.3 is 14.4 Å². The van der Waals surface area contributed by atoms with E-state index in [1.54, 1.807) is 11.1 Å². The van der Waals surface area contributed by atoms with Crippen molar-refractivity contribution in [3.05, 3.63) is 42.4 Å². The Balaban J connectivity index is 1.55. The molecule has 0 radical (unpaired) electrons. The van der Waals surface area contributed by atoms with E-state index in [1.165, 1.54) is 0 Å². The van der Waals surface area contributed by atoms with Crippen LogP contribution in [0.25, 0.3) is 11.3 Å². The Hall–Kier alpha value is -2.63. The molecule has 1 N–H and O–H groups in total. The van der Waals surface area contributed by atoms with Crippen molar-refractivity contribution in [3.63, 3.8) is 0 Å². The Kier molecular flexibility index (Phi) is 4.93. The maximum atomic E-state index is 12.3. The van der Waals surface area contributed by atoms with Crippen LogP contribution in [0.5, 0.6) is 0 Å². The SMILES string of the molecule is O=C(O)[C@H]1CCCN(C(=O)CCc2ncc(-c3ccccc3)o2)C1. The number of amides is 1. The maximum absolute atomic E-state index is 12.3. The first-order valence-corrected chi connectivity index (χ1v) is 8.14. The lowest BCUT2D eigenvalue weighted by Crippen LogP contribution is -2.42. The van der Waals surface area contributed by atoms with Gasteiger partial charge in [0, 0.05) is 31.5 Å². The van der Waals surface area contributed by atoms with Gasteiger partial charge in [0.2, 0.25) is 5.91 Å². The quantitative estimate of drug-likeness (QED) is 0.912. The third-order valence-corrected chi connectivity index (χ3v) is 4.29. The smallest absolute Gasteiger partial charge is 0.308 e. The number of nitrogens with zero attached hydrogens (tertiary/aromatic N) is 2. The highest BCUT2D eigenvalue weighted by Crippen LogP contribution is 2.21. The van der Waals surface area contributed by atoms with Crippen LogP contribution in [0.1, 0.15) is 25.2 Å². The molecule has 126 valence electrons. The number of aliphatic carboxylic acids is 1. The molecule has 6 heteroatoms. The summed E-state index contributed by atoms with van der Waals surface area (Å²) < 4.78 is 5.69. The average Bonchev–Trinajstić information content (AvgIpc) is 3.09. The van der Waals surface area contributed by atoms with Gasteiger partial charge in [0.25, 0.3) is 0 Å². The number of carboxylic acid groups (broad SMARTS) is 1. The topological polar surface area (TPSA) is 83.6 Å². The Morgan fingerprint density at radius 2 is 2.08 bits per heavy atom. The van der Waals surface area contributed by atoms with E-state index >= 15 is 0 Å². The number of carboxylic acids is 1. The number of likely N-dealkylation sites (tertiary alicyclic amines) is 1. The van der Waals surface area contributed by atoms with Gasteiger partial charge in [-0.15, -0.1) is 0 Å². The molecular weight excluding hydrogens is 308 g/mol. The molecule has 1 fully saturated rings. The lowest BCUT2D eigenvalue weighted by atomic mass is 9.98. The van der Waals surface area contributed by atoms with Crippen LogP contribution in [0.2, 0.25) is 0 Å². The molecule has 1 aromatic heterocycles. The van der Waals surface area contributed by atoms with E-state index in [0.717, 1.165) is 12.0 Å². The molecule has 24 heavy (non-hydrogen) atoms. The minimum atomic E-state index is -0.826. The maximum Gasteiger partial charge on any atom is 0.308 e. The lowest BCUT2D eigenvalue weighted by Gasteiger charge is -2.30. The van der Waals surface area contributed by atoms with Crippen LogP contribution in [0.3, 0.4) is 0 Å². The fraction of sp³-hybridized carbons (Fsp3) is 0.389. The van der Waals surface area contributed by atoms with Crippen molar-refractivity contribution in [1.82, 2.24) is 9.88 Å². The molecule has 0 bridgehead atoms. The summed E-state index contributed by atoms with van der Waals surface area (Å²) >= 11 is 0. The molecule has 0 saturated carbocycles. The van der Waals surface area contributed by atoms with Crippen LogP contribution in [-0.4, -0.2) is 40.0 Å². The summed E-state index contributed by atoms with van der Waals surface area (Å²) in [5, 5.41) is 9.09. The van der Waals surface area contributed by atoms with E-state index in [0.29, 0.717) is 37.6 Å². The molecule has 3 rings (SSSR count). The molecule has 2 aromatic rings. The molecular formula is C18H20N2O4. The molecule has 1 aliphatic rings. The highest BCUT2D eigenvalue weighted by molar-refractivity contribution is 5.78. The van der Waals surface area contributed by atoms with Crippen molar-refractivity contribution in [2.24, 2.45) is 5.92 Å². The van der Waals surface area contributed by atoms with Crippen molar-refractivity contribution in [2.75, 3.05) is 13.1 Å². The number of aryl methyl sites for hydroxylation is 1. The summed E-state index contributed by atoms with van der Waals surface area (Å²) in [7, 11) is 0. The lowest BCUT2D eigenvalue weighted by molar-refractivity contribution is -0.145. The molecule has 1 aromatic carbocycles. The summed E-state index contributed by atoms with van der Waals surface area (Å²) in [4.78, 5) is 29.2. The van der Waals surface area contributed by atoms with E-state index in [1.807, 2.05) is 30.3 Å². The molecule has 1 atom stereocenters. The highest BCUT2D eigenvalue weighted by atomic mass is 16.4. The monoisotopic (exact) mass is 328 g/mol. The van der Waals surface area contributed by atoms with Gasteiger partial charge in [-0.3, -0.25) is 9.59 Å². The van der Waals surface area contributed by atoms with E-state index < -0.39 is 11.9 Å². The molecule has 0 unspecified atom stereocenters. The van der Waals surface area contributed by atoms with Gasteiger partial charge in [0.15, 0.2) is 11.7 Å². The largest absolute Gasteiger partial charge is 0.481 e. The molecule has 1 aliphatic heterocycles. The molecule has 0 aliphatic carbocycles. The number of piperidine rings is 1. The third kappa shape index (κ3) is 3.82. The second-order valence-corrected chi connectivity index (χ2v) is 6.00. The Morgan fingerprint density at radius 3 is 2.83 bits per heavy atom. The number of carbonyl (C=O) groups excluding carboxylic acids is 1. The normalized spacial score (nSPS) is 17.7. The van der Waals surface area contributed by atoms with Gasteiger partial charge in [-0.25, -0.2) is 4.98 Å². The fourth-order valence-corrected chi connectivity index (χ4v) is 2.94. The first-order valence-electron chi connectivity index (χ1n) is 8.14. The summed E-state index contributed by atoms with van der Waals surface area (Å²) in [5.74, 6) is -0.113. The Morgan fingerprint density at radius 1 is 1.29 bits per heavy atom. The zero-order valence-corrected chi connectivity index (χ0v) is 13.4. The van der Waals surface area contributed by atoms with Gasteiger partial charge in [-0.1, -0.05) is 30.3 Å². The standard InChI is InChI=1S/C18H20N2O4/c21-17(20-10-4-7-14(12-20)18(22)23)9-8-16-19-11-15(24-16)13-5-2-1-3-6-13/h1-3,5-6,11,14H,4,7-10,12H2,(H,22,23)/t14-/m0/s1. The Labute approximate surface area is 140 Å². The summed E-state index contributed by atoms with van der Waals surface area (Å²) in [5.41, 5.74) is 0.947. The van der Waals surface area contributed by atoms with E-state index in [-0.39, 0.29) is 12.3 Å². The van der Waals surface area contributed by atoms with Crippen molar-refractivity contribution in [3.8, 4) is 11.3 Å².